The number of nitrogens with one attached hydrogen (secondary N) is 1. The van der Waals surface area contributed by atoms with Crippen molar-refractivity contribution in [3.8, 4) is 5.75 Å². The lowest BCUT2D eigenvalue weighted by Gasteiger charge is -2.23. The predicted octanol–water partition coefficient (Wildman–Crippen LogP) is 2.10. The second-order valence-electron chi connectivity index (χ2n) is 5.23. The molecule has 1 atom stereocenters. The molecule has 1 unspecified atom stereocenters. The van der Waals surface area contributed by atoms with E-state index in [1.165, 1.54) is 5.56 Å². The molecule has 0 aliphatic rings. The van der Waals surface area contributed by atoms with E-state index in [0.717, 1.165) is 12.2 Å². The number of hydrogen-bond acceptors (Lipinski definition) is 4. The van der Waals surface area contributed by atoms with Crippen molar-refractivity contribution in [1.29, 1.82) is 0 Å². The molecule has 0 bridgehead atoms. The summed E-state index contributed by atoms with van der Waals surface area (Å²) in [7, 11) is 3.35. The molecule has 0 aliphatic heterocycles. The van der Waals surface area contributed by atoms with Gasteiger partial charge in [0, 0.05) is 7.11 Å². The van der Waals surface area contributed by atoms with Crippen LogP contribution in [-0.4, -0.2) is 44.0 Å². The van der Waals surface area contributed by atoms with Gasteiger partial charge in [0.2, 0.25) is 0 Å². The Kier molecular flexibility index (Phi) is 7.19. The SMILES string of the molecule is CNC(C)(CCCOc1ccc(CCOC)cc1)C(=O)O. The largest absolute Gasteiger partial charge is 0.494 e. The van der Waals surface area contributed by atoms with E-state index in [-0.39, 0.29) is 0 Å². The zero-order chi connectivity index (χ0) is 15.7. The van der Waals surface area contributed by atoms with Crippen LogP contribution in [0.15, 0.2) is 24.3 Å². The van der Waals surface area contributed by atoms with Gasteiger partial charge in [0.05, 0.1) is 13.2 Å². The predicted molar refractivity (Wildman–Crippen MR) is 81.9 cm³/mol. The molecule has 0 radical (unpaired) electrons. The molecule has 21 heavy (non-hydrogen) atoms. The molecule has 118 valence electrons. The van der Waals surface area contributed by atoms with Gasteiger partial charge in [-0.05, 0) is 50.9 Å². The number of rotatable bonds is 10. The number of methoxy groups -OCH3 is 1. The van der Waals surface area contributed by atoms with Gasteiger partial charge in [0.15, 0.2) is 0 Å². The molecule has 0 saturated heterocycles. The van der Waals surface area contributed by atoms with Gasteiger partial charge in [-0.2, -0.15) is 0 Å². The van der Waals surface area contributed by atoms with Crippen molar-refractivity contribution >= 4 is 5.97 Å². The maximum absolute atomic E-state index is 11.1. The average Bonchev–Trinajstić information content (AvgIpc) is 2.50. The van der Waals surface area contributed by atoms with Crippen molar-refractivity contribution in [2.45, 2.75) is 31.7 Å². The highest BCUT2D eigenvalue weighted by molar-refractivity contribution is 5.78. The molecule has 5 nitrogen and oxygen atoms in total. The van der Waals surface area contributed by atoms with Crippen LogP contribution in [0.2, 0.25) is 0 Å². The van der Waals surface area contributed by atoms with Crippen LogP contribution in [-0.2, 0) is 16.0 Å². The van der Waals surface area contributed by atoms with Crippen molar-refractivity contribution < 1.29 is 19.4 Å². The van der Waals surface area contributed by atoms with E-state index in [4.69, 9.17) is 14.6 Å². The average molecular weight is 295 g/mol. The van der Waals surface area contributed by atoms with Crippen molar-refractivity contribution in [3.63, 3.8) is 0 Å². The summed E-state index contributed by atoms with van der Waals surface area (Å²) in [4.78, 5) is 11.1. The van der Waals surface area contributed by atoms with Crippen LogP contribution >= 0.6 is 0 Å². The summed E-state index contributed by atoms with van der Waals surface area (Å²) >= 11 is 0. The maximum atomic E-state index is 11.1. The number of ether oxygens (including phenoxy) is 2. The van der Waals surface area contributed by atoms with Crippen LogP contribution in [0.5, 0.6) is 5.75 Å². The van der Waals surface area contributed by atoms with E-state index in [1.807, 2.05) is 24.3 Å². The highest BCUT2D eigenvalue weighted by Gasteiger charge is 2.30. The number of aliphatic carboxylic acids is 1. The lowest BCUT2D eigenvalue weighted by atomic mass is 9.96. The molecule has 1 aromatic carbocycles. The van der Waals surface area contributed by atoms with Crippen LogP contribution in [0.3, 0.4) is 0 Å². The fourth-order valence-corrected chi connectivity index (χ4v) is 1.93. The molecule has 0 heterocycles. The molecular weight excluding hydrogens is 270 g/mol. The van der Waals surface area contributed by atoms with Gasteiger partial charge in [0.25, 0.3) is 0 Å². The van der Waals surface area contributed by atoms with Gasteiger partial charge < -0.3 is 19.9 Å². The molecule has 0 aliphatic carbocycles. The molecule has 0 fully saturated rings. The minimum absolute atomic E-state index is 0.502. The number of likely N-dealkylation sites (N-methyl/N-ethyl adjacent to an activating group) is 1. The van der Waals surface area contributed by atoms with Crippen LogP contribution in [0.4, 0.5) is 0 Å². The minimum atomic E-state index is -0.895. The maximum Gasteiger partial charge on any atom is 0.323 e. The highest BCUT2D eigenvalue weighted by atomic mass is 16.5. The van der Waals surface area contributed by atoms with Crippen LogP contribution in [0.1, 0.15) is 25.3 Å². The first-order valence-corrected chi connectivity index (χ1v) is 7.15. The Hall–Kier alpha value is -1.59. The van der Waals surface area contributed by atoms with Gasteiger partial charge >= 0.3 is 5.97 Å². The number of hydrogen-bond donors (Lipinski definition) is 2. The number of carbonyl (C=O) groups is 1. The smallest absolute Gasteiger partial charge is 0.323 e. The number of carboxylic acids is 1. The number of carboxylic acid groups (broad SMARTS) is 1. The second kappa shape index (κ2) is 8.64. The fourth-order valence-electron chi connectivity index (χ4n) is 1.93. The van der Waals surface area contributed by atoms with Crippen LogP contribution < -0.4 is 10.1 Å². The Morgan fingerprint density at radius 3 is 2.48 bits per heavy atom. The lowest BCUT2D eigenvalue weighted by molar-refractivity contribution is -0.144. The Bertz CT molecular complexity index is 432. The first kappa shape index (κ1) is 17.5. The second-order valence-corrected chi connectivity index (χ2v) is 5.23. The van der Waals surface area contributed by atoms with Gasteiger partial charge in [-0.1, -0.05) is 12.1 Å². The summed E-state index contributed by atoms with van der Waals surface area (Å²) in [6, 6.07) is 7.89. The van der Waals surface area contributed by atoms with Gasteiger partial charge in [-0.15, -0.1) is 0 Å². The normalized spacial score (nSPS) is 13.7. The number of benzene rings is 1. The van der Waals surface area contributed by atoms with E-state index in [9.17, 15) is 4.79 Å². The van der Waals surface area contributed by atoms with E-state index >= 15 is 0 Å². The van der Waals surface area contributed by atoms with Gasteiger partial charge in [-0.25, -0.2) is 0 Å². The molecule has 1 aromatic rings. The topological polar surface area (TPSA) is 67.8 Å². The summed E-state index contributed by atoms with van der Waals surface area (Å²) in [6.07, 6.45) is 2.08. The van der Waals surface area contributed by atoms with E-state index < -0.39 is 11.5 Å². The van der Waals surface area contributed by atoms with Gasteiger partial charge in [-0.3, -0.25) is 4.79 Å². The van der Waals surface area contributed by atoms with E-state index in [0.29, 0.717) is 26.1 Å². The Labute approximate surface area is 126 Å². The molecule has 1 rings (SSSR count). The quantitative estimate of drug-likeness (QED) is 0.647. The highest BCUT2D eigenvalue weighted by Crippen LogP contribution is 2.15. The zero-order valence-electron chi connectivity index (χ0n) is 13.0. The summed E-state index contributed by atoms with van der Waals surface area (Å²) in [5.74, 6) is -0.0369. The summed E-state index contributed by atoms with van der Waals surface area (Å²) in [5, 5.41) is 12.0. The fraction of sp³-hybridized carbons (Fsp3) is 0.562. The standard InChI is InChI=1S/C16H25NO4/c1-16(17-2,15(18)19)10-4-11-21-14-7-5-13(6-8-14)9-12-20-3/h5-8,17H,4,9-12H2,1-3H3,(H,18,19). The minimum Gasteiger partial charge on any atom is -0.494 e. The molecule has 0 amide bonds. The molecule has 0 aromatic heterocycles. The van der Waals surface area contributed by atoms with E-state index in [2.05, 4.69) is 5.32 Å². The molecule has 5 heteroatoms. The van der Waals surface area contributed by atoms with E-state index in [1.54, 1.807) is 21.1 Å². The third kappa shape index (κ3) is 5.73. The monoisotopic (exact) mass is 295 g/mol. The summed E-state index contributed by atoms with van der Waals surface area (Å²) in [6.45, 7) is 2.89. The Morgan fingerprint density at radius 1 is 1.29 bits per heavy atom. The van der Waals surface area contributed by atoms with Crippen LogP contribution in [0.25, 0.3) is 0 Å². The van der Waals surface area contributed by atoms with Crippen molar-refractivity contribution in [1.82, 2.24) is 5.32 Å². The van der Waals surface area contributed by atoms with Crippen molar-refractivity contribution in [2.24, 2.45) is 0 Å². The Balaban J connectivity index is 2.34. The first-order chi connectivity index (χ1) is 10.0. The molecule has 0 saturated carbocycles. The first-order valence-electron chi connectivity index (χ1n) is 7.15. The van der Waals surface area contributed by atoms with Crippen molar-refractivity contribution in [3.05, 3.63) is 29.8 Å². The third-order valence-electron chi connectivity index (χ3n) is 3.63. The van der Waals surface area contributed by atoms with Crippen molar-refractivity contribution in [2.75, 3.05) is 27.4 Å². The van der Waals surface area contributed by atoms with Crippen LogP contribution in [0, 0.1) is 0 Å². The molecule has 2 N–H and O–H groups in total. The lowest BCUT2D eigenvalue weighted by Crippen LogP contribution is -2.47. The Morgan fingerprint density at radius 2 is 1.95 bits per heavy atom. The molecular formula is C16H25NO4. The molecule has 0 spiro atoms. The van der Waals surface area contributed by atoms with Gasteiger partial charge in [0.1, 0.15) is 11.3 Å². The third-order valence-corrected chi connectivity index (χ3v) is 3.63. The zero-order valence-corrected chi connectivity index (χ0v) is 13.0. The summed E-state index contributed by atoms with van der Waals surface area (Å²) in [5.41, 5.74) is 0.311. The summed E-state index contributed by atoms with van der Waals surface area (Å²) < 4.78 is 10.7.